The molecule has 0 bridgehead atoms. The Morgan fingerprint density at radius 1 is 1.22 bits per heavy atom. The molecule has 1 fully saturated rings. The Bertz CT molecular complexity index is 816. The van der Waals surface area contributed by atoms with Crippen LogP contribution in [0.5, 0.6) is 0 Å². The van der Waals surface area contributed by atoms with E-state index in [0.717, 1.165) is 37.3 Å². The van der Waals surface area contributed by atoms with Crippen molar-refractivity contribution in [2.45, 2.75) is 31.8 Å². The van der Waals surface area contributed by atoms with E-state index in [-0.39, 0.29) is 18.0 Å². The zero-order valence-electron chi connectivity index (χ0n) is 16.0. The molecule has 0 aliphatic carbocycles. The summed E-state index contributed by atoms with van der Waals surface area (Å²) in [6.45, 7) is 1.53. The Morgan fingerprint density at radius 2 is 2.07 bits per heavy atom. The fourth-order valence-corrected chi connectivity index (χ4v) is 3.30. The van der Waals surface area contributed by atoms with Gasteiger partial charge in [-0.05, 0) is 37.5 Å². The second-order valence-corrected chi connectivity index (χ2v) is 7.12. The van der Waals surface area contributed by atoms with Gasteiger partial charge in [-0.2, -0.15) is 0 Å². The molecule has 144 valence electrons. The van der Waals surface area contributed by atoms with Crippen molar-refractivity contribution in [3.05, 3.63) is 53.1 Å². The lowest BCUT2D eigenvalue weighted by molar-refractivity contribution is -0.131. The van der Waals surface area contributed by atoms with E-state index in [1.165, 1.54) is 10.6 Å². The molecule has 7 nitrogen and oxygen atoms in total. The van der Waals surface area contributed by atoms with Crippen LogP contribution in [0.25, 0.3) is 0 Å². The van der Waals surface area contributed by atoms with Gasteiger partial charge in [0.15, 0.2) is 0 Å². The van der Waals surface area contributed by atoms with Crippen LogP contribution in [0.15, 0.2) is 47.5 Å². The molecule has 7 heteroatoms. The molecule has 0 radical (unpaired) electrons. The topological polar surface area (TPSA) is 70.5 Å². The molecule has 3 rings (SSSR count). The highest BCUT2D eigenvalue weighted by Gasteiger charge is 2.21. The van der Waals surface area contributed by atoms with Crippen LogP contribution in [0.4, 0.5) is 11.5 Å². The number of hydrogen-bond donors (Lipinski definition) is 1. The van der Waals surface area contributed by atoms with Crippen molar-refractivity contribution < 1.29 is 4.79 Å². The van der Waals surface area contributed by atoms with Gasteiger partial charge in [0.25, 0.3) is 5.56 Å². The van der Waals surface area contributed by atoms with E-state index in [2.05, 4.69) is 10.3 Å². The maximum absolute atomic E-state index is 12.6. The quantitative estimate of drug-likeness (QED) is 0.870. The second-order valence-electron chi connectivity index (χ2n) is 7.12. The number of pyridine rings is 2. The monoisotopic (exact) mass is 369 g/mol. The van der Waals surface area contributed by atoms with Crippen molar-refractivity contribution in [3.63, 3.8) is 0 Å². The Hall–Kier alpha value is -2.83. The van der Waals surface area contributed by atoms with E-state index in [9.17, 15) is 9.59 Å². The molecule has 1 amide bonds. The van der Waals surface area contributed by atoms with Gasteiger partial charge in [-0.15, -0.1) is 0 Å². The molecule has 3 heterocycles. The molecule has 1 saturated heterocycles. The van der Waals surface area contributed by atoms with E-state index < -0.39 is 0 Å². The summed E-state index contributed by atoms with van der Waals surface area (Å²) in [4.78, 5) is 32.6. The molecule has 1 aliphatic heterocycles. The van der Waals surface area contributed by atoms with Gasteiger partial charge < -0.3 is 19.7 Å². The first kappa shape index (κ1) is 18.9. The molecule has 2 aromatic rings. The smallest absolute Gasteiger partial charge is 0.250 e. The summed E-state index contributed by atoms with van der Waals surface area (Å²) in [7, 11) is 3.94. The van der Waals surface area contributed by atoms with Crippen LogP contribution in [0.2, 0.25) is 0 Å². The van der Waals surface area contributed by atoms with Crippen molar-refractivity contribution in [2.24, 2.45) is 0 Å². The minimum atomic E-state index is -0.145. The van der Waals surface area contributed by atoms with Crippen LogP contribution in [0.3, 0.4) is 0 Å². The van der Waals surface area contributed by atoms with E-state index >= 15 is 0 Å². The first-order valence-electron chi connectivity index (χ1n) is 9.36. The molecule has 0 saturated carbocycles. The maximum Gasteiger partial charge on any atom is 0.250 e. The van der Waals surface area contributed by atoms with Crippen molar-refractivity contribution >= 4 is 17.4 Å². The van der Waals surface area contributed by atoms with Crippen LogP contribution in [-0.2, 0) is 11.3 Å². The van der Waals surface area contributed by atoms with E-state index in [0.29, 0.717) is 12.6 Å². The first-order chi connectivity index (χ1) is 13.0. The number of anilines is 2. The lowest BCUT2D eigenvalue weighted by Crippen LogP contribution is -2.37. The van der Waals surface area contributed by atoms with E-state index in [4.69, 9.17) is 0 Å². The standard InChI is InChI=1S/C20H27N5O2/c1-23(2)18-9-8-17(14-21-18)22-16-6-5-12-24(13-10-16)20(27)15-25-11-4-3-7-19(25)26/h3-4,7-9,11,14,16,22H,5-6,10,12-13,15H2,1-2H3/t16-/m0/s1. The normalized spacial score (nSPS) is 17.3. The van der Waals surface area contributed by atoms with Crippen LogP contribution in [-0.4, -0.2) is 53.6 Å². The summed E-state index contributed by atoms with van der Waals surface area (Å²) >= 11 is 0. The molecular weight excluding hydrogens is 342 g/mol. The number of aromatic nitrogens is 2. The Labute approximate surface area is 159 Å². The van der Waals surface area contributed by atoms with Crippen LogP contribution in [0.1, 0.15) is 19.3 Å². The zero-order chi connectivity index (χ0) is 19.2. The summed E-state index contributed by atoms with van der Waals surface area (Å²) in [6, 6.07) is 9.28. The maximum atomic E-state index is 12.6. The minimum Gasteiger partial charge on any atom is -0.381 e. The number of rotatable bonds is 5. The van der Waals surface area contributed by atoms with Gasteiger partial charge >= 0.3 is 0 Å². The third-order valence-corrected chi connectivity index (χ3v) is 4.86. The number of carbonyl (C=O) groups is 1. The summed E-state index contributed by atoms with van der Waals surface area (Å²) in [5.41, 5.74) is 0.857. The number of amides is 1. The molecule has 2 aromatic heterocycles. The Balaban J connectivity index is 1.54. The minimum absolute atomic E-state index is 0.000882. The van der Waals surface area contributed by atoms with Crippen LogP contribution in [0, 0.1) is 0 Å². The lowest BCUT2D eigenvalue weighted by atomic mass is 10.1. The van der Waals surface area contributed by atoms with Gasteiger partial charge in [-0.1, -0.05) is 6.07 Å². The average molecular weight is 369 g/mol. The molecule has 27 heavy (non-hydrogen) atoms. The SMILES string of the molecule is CN(C)c1ccc(N[C@H]2CCCN(C(=O)Cn3ccccc3=O)CC2)cn1. The fourth-order valence-electron chi connectivity index (χ4n) is 3.30. The largest absolute Gasteiger partial charge is 0.381 e. The number of carbonyl (C=O) groups excluding carboxylic acids is 1. The zero-order valence-corrected chi connectivity index (χ0v) is 16.0. The highest BCUT2D eigenvalue weighted by Crippen LogP contribution is 2.18. The number of nitrogens with one attached hydrogen (secondary N) is 1. The van der Waals surface area contributed by atoms with E-state index in [1.54, 1.807) is 18.3 Å². The fraction of sp³-hybridized carbons (Fsp3) is 0.450. The van der Waals surface area contributed by atoms with Gasteiger partial charge in [0.05, 0.1) is 11.9 Å². The molecule has 0 aromatic carbocycles. The van der Waals surface area contributed by atoms with Crippen LogP contribution < -0.4 is 15.8 Å². The molecule has 1 atom stereocenters. The lowest BCUT2D eigenvalue weighted by Gasteiger charge is -2.21. The van der Waals surface area contributed by atoms with Gasteiger partial charge in [0.2, 0.25) is 5.91 Å². The molecule has 0 unspecified atom stereocenters. The number of hydrogen-bond acceptors (Lipinski definition) is 5. The molecular formula is C20H27N5O2. The predicted octanol–water partition coefficient (Wildman–Crippen LogP) is 1.80. The molecule has 1 aliphatic rings. The number of likely N-dealkylation sites (tertiary alicyclic amines) is 1. The van der Waals surface area contributed by atoms with Crippen molar-refractivity contribution in [3.8, 4) is 0 Å². The summed E-state index contributed by atoms with van der Waals surface area (Å²) in [6.07, 6.45) is 6.34. The Morgan fingerprint density at radius 3 is 2.78 bits per heavy atom. The van der Waals surface area contributed by atoms with Gasteiger partial charge in [0.1, 0.15) is 12.4 Å². The van der Waals surface area contributed by atoms with Crippen molar-refractivity contribution in [1.82, 2.24) is 14.5 Å². The van der Waals surface area contributed by atoms with Crippen molar-refractivity contribution in [1.29, 1.82) is 0 Å². The highest BCUT2D eigenvalue weighted by molar-refractivity contribution is 5.76. The Kier molecular flexibility index (Phi) is 6.11. The van der Waals surface area contributed by atoms with Crippen LogP contribution >= 0.6 is 0 Å². The average Bonchev–Trinajstić information content (AvgIpc) is 2.90. The second kappa shape index (κ2) is 8.70. The van der Waals surface area contributed by atoms with E-state index in [1.807, 2.05) is 42.2 Å². The van der Waals surface area contributed by atoms with Crippen molar-refractivity contribution in [2.75, 3.05) is 37.4 Å². The summed E-state index contributed by atoms with van der Waals surface area (Å²) in [5, 5.41) is 3.53. The van der Waals surface area contributed by atoms with Gasteiger partial charge in [-0.25, -0.2) is 4.98 Å². The molecule has 0 spiro atoms. The third-order valence-electron chi connectivity index (χ3n) is 4.86. The number of nitrogens with zero attached hydrogens (tertiary/aromatic N) is 4. The summed E-state index contributed by atoms with van der Waals surface area (Å²) < 4.78 is 1.46. The highest BCUT2D eigenvalue weighted by atomic mass is 16.2. The van der Waals surface area contributed by atoms with Gasteiger partial charge in [-0.3, -0.25) is 9.59 Å². The third kappa shape index (κ3) is 5.09. The molecule has 1 N–H and O–H groups in total. The first-order valence-corrected chi connectivity index (χ1v) is 9.36. The van der Waals surface area contributed by atoms with Gasteiger partial charge in [0, 0.05) is 45.5 Å². The summed E-state index contributed by atoms with van der Waals surface area (Å²) in [5.74, 6) is 0.926. The predicted molar refractivity (Wildman–Crippen MR) is 107 cm³/mol.